The first-order valence-electron chi connectivity index (χ1n) is 6.13. The van der Waals surface area contributed by atoms with Crippen molar-refractivity contribution in [2.45, 2.75) is 25.2 Å². The molecule has 0 radical (unpaired) electrons. The average molecular weight is 282 g/mol. The van der Waals surface area contributed by atoms with Gasteiger partial charge in [0, 0.05) is 32.3 Å². The van der Waals surface area contributed by atoms with E-state index in [9.17, 15) is 8.42 Å². The van der Waals surface area contributed by atoms with Crippen LogP contribution in [0.5, 0.6) is 0 Å². The molecule has 1 N–H and O–H groups in total. The monoisotopic (exact) mass is 282 g/mol. The molecule has 1 rings (SSSR count). The Morgan fingerprint density at radius 3 is 2.79 bits per heavy atom. The molecule has 1 heterocycles. The molecule has 7 heteroatoms. The van der Waals surface area contributed by atoms with Crippen molar-refractivity contribution in [1.29, 1.82) is 5.26 Å². The third kappa shape index (κ3) is 3.66. The molecule has 0 unspecified atom stereocenters. The van der Waals surface area contributed by atoms with Crippen LogP contribution < -0.4 is 5.32 Å². The quantitative estimate of drug-likeness (QED) is 0.817. The fraction of sp³-hybridized carbons (Fsp3) is 0.500. The van der Waals surface area contributed by atoms with E-state index in [1.165, 1.54) is 10.4 Å². The molecule has 0 aromatic carbocycles. The molecule has 0 spiro atoms. The minimum absolute atomic E-state index is 0.150. The number of hydrogen-bond donors (Lipinski definition) is 1. The molecule has 0 fully saturated rings. The molecule has 1 aromatic heterocycles. The summed E-state index contributed by atoms with van der Waals surface area (Å²) in [6.45, 7) is 4.72. The zero-order valence-electron chi connectivity index (χ0n) is 11.1. The number of pyridine rings is 1. The van der Waals surface area contributed by atoms with E-state index in [-0.39, 0.29) is 17.9 Å². The Kier molecular flexibility index (Phi) is 5.73. The lowest BCUT2D eigenvalue weighted by atomic mass is 10.4. The second-order valence-corrected chi connectivity index (χ2v) is 5.69. The van der Waals surface area contributed by atoms with Crippen molar-refractivity contribution in [2.75, 3.05) is 25.0 Å². The maximum absolute atomic E-state index is 12.5. The van der Waals surface area contributed by atoms with E-state index >= 15 is 0 Å². The third-order valence-corrected chi connectivity index (χ3v) is 4.56. The SMILES string of the molecule is CCNc1ncccc1S(=O)(=O)N(CC)CCC#N. The van der Waals surface area contributed by atoms with Crippen molar-refractivity contribution < 1.29 is 8.42 Å². The van der Waals surface area contributed by atoms with E-state index in [1.54, 1.807) is 19.2 Å². The summed E-state index contributed by atoms with van der Waals surface area (Å²) in [5.41, 5.74) is 0. The number of sulfonamides is 1. The molecule has 0 amide bonds. The standard InChI is InChI=1S/C12H18N4O2S/c1-3-14-12-11(7-5-9-15-12)19(17,18)16(4-2)10-6-8-13/h5,7,9H,3-4,6,10H2,1-2H3,(H,14,15). The van der Waals surface area contributed by atoms with Gasteiger partial charge >= 0.3 is 0 Å². The molecule has 0 saturated heterocycles. The van der Waals surface area contributed by atoms with Gasteiger partial charge in [0.05, 0.1) is 6.07 Å². The summed E-state index contributed by atoms with van der Waals surface area (Å²) in [6, 6.07) is 5.07. The zero-order valence-corrected chi connectivity index (χ0v) is 11.9. The van der Waals surface area contributed by atoms with Gasteiger partial charge in [0.2, 0.25) is 10.0 Å². The normalized spacial score (nSPS) is 11.3. The van der Waals surface area contributed by atoms with Gasteiger partial charge in [0.25, 0.3) is 0 Å². The summed E-state index contributed by atoms with van der Waals surface area (Å²) in [7, 11) is -3.62. The predicted octanol–water partition coefficient (Wildman–Crippen LogP) is 1.44. The number of nitrogens with zero attached hydrogens (tertiary/aromatic N) is 3. The second-order valence-electron chi connectivity index (χ2n) is 3.79. The molecular weight excluding hydrogens is 264 g/mol. The van der Waals surface area contributed by atoms with Crippen molar-refractivity contribution in [3.8, 4) is 6.07 Å². The minimum atomic E-state index is -3.62. The van der Waals surface area contributed by atoms with Gasteiger partial charge in [-0.25, -0.2) is 13.4 Å². The van der Waals surface area contributed by atoms with E-state index in [4.69, 9.17) is 5.26 Å². The smallest absolute Gasteiger partial charge is 0.246 e. The summed E-state index contributed by atoms with van der Waals surface area (Å²) >= 11 is 0. The van der Waals surface area contributed by atoms with E-state index in [2.05, 4.69) is 10.3 Å². The van der Waals surface area contributed by atoms with Crippen LogP contribution in [0.4, 0.5) is 5.82 Å². The lowest BCUT2D eigenvalue weighted by Crippen LogP contribution is -2.32. The summed E-state index contributed by atoms with van der Waals surface area (Å²) in [6.07, 6.45) is 1.71. The fourth-order valence-electron chi connectivity index (χ4n) is 1.66. The number of aromatic nitrogens is 1. The highest BCUT2D eigenvalue weighted by Crippen LogP contribution is 2.22. The molecule has 6 nitrogen and oxygen atoms in total. The van der Waals surface area contributed by atoms with Gasteiger partial charge in [-0.05, 0) is 19.1 Å². The van der Waals surface area contributed by atoms with Gasteiger partial charge < -0.3 is 5.32 Å². The Balaban J connectivity index is 3.15. The molecule has 0 saturated carbocycles. The highest BCUT2D eigenvalue weighted by atomic mass is 32.2. The summed E-state index contributed by atoms with van der Waals surface area (Å²) < 4.78 is 26.3. The highest BCUT2D eigenvalue weighted by Gasteiger charge is 2.25. The first-order chi connectivity index (χ1) is 9.07. The van der Waals surface area contributed by atoms with Crippen LogP contribution in [0.1, 0.15) is 20.3 Å². The Hall–Kier alpha value is -1.65. The fourth-order valence-corrected chi connectivity index (χ4v) is 3.23. The second kappa shape index (κ2) is 7.07. The molecule has 0 atom stereocenters. The largest absolute Gasteiger partial charge is 0.369 e. The van der Waals surface area contributed by atoms with Gasteiger partial charge in [-0.3, -0.25) is 0 Å². The summed E-state index contributed by atoms with van der Waals surface area (Å²) in [4.78, 5) is 4.20. The first kappa shape index (κ1) is 15.4. The predicted molar refractivity (Wildman–Crippen MR) is 73.1 cm³/mol. The Morgan fingerprint density at radius 2 is 2.21 bits per heavy atom. The third-order valence-electron chi connectivity index (χ3n) is 2.56. The number of nitrogens with one attached hydrogen (secondary N) is 1. The van der Waals surface area contributed by atoms with E-state index < -0.39 is 10.0 Å². The lowest BCUT2D eigenvalue weighted by Gasteiger charge is -2.20. The van der Waals surface area contributed by atoms with Gasteiger partial charge in [0.15, 0.2) is 0 Å². The first-order valence-corrected chi connectivity index (χ1v) is 7.57. The van der Waals surface area contributed by atoms with Crippen molar-refractivity contribution in [1.82, 2.24) is 9.29 Å². The lowest BCUT2D eigenvalue weighted by molar-refractivity contribution is 0.435. The topological polar surface area (TPSA) is 86.1 Å². The van der Waals surface area contributed by atoms with Crippen molar-refractivity contribution in [3.05, 3.63) is 18.3 Å². The highest BCUT2D eigenvalue weighted by molar-refractivity contribution is 7.89. The van der Waals surface area contributed by atoms with Crippen molar-refractivity contribution >= 4 is 15.8 Å². The van der Waals surface area contributed by atoms with Crippen LogP contribution in [0.2, 0.25) is 0 Å². The molecule has 0 bridgehead atoms. The Labute approximate surface area is 114 Å². The van der Waals surface area contributed by atoms with Crippen molar-refractivity contribution in [2.24, 2.45) is 0 Å². The number of rotatable bonds is 7. The van der Waals surface area contributed by atoms with Crippen LogP contribution in [-0.4, -0.2) is 37.3 Å². The average Bonchev–Trinajstić information content (AvgIpc) is 2.40. The molecular formula is C12H18N4O2S. The summed E-state index contributed by atoms with van der Waals surface area (Å²) in [5, 5.41) is 11.5. The maximum Gasteiger partial charge on any atom is 0.246 e. The van der Waals surface area contributed by atoms with E-state index in [0.29, 0.717) is 18.9 Å². The number of anilines is 1. The number of hydrogen-bond acceptors (Lipinski definition) is 5. The molecule has 0 aliphatic rings. The Bertz CT molecular complexity index is 551. The number of nitriles is 1. The molecule has 19 heavy (non-hydrogen) atoms. The van der Waals surface area contributed by atoms with Crippen LogP contribution in [0, 0.1) is 11.3 Å². The summed E-state index contributed by atoms with van der Waals surface area (Å²) in [5.74, 6) is 0.348. The maximum atomic E-state index is 12.5. The van der Waals surface area contributed by atoms with E-state index in [0.717, 1.165) is 0 Å². The Morgan fingerprint density at radius 1 is 1.47 bits per heavy atom. The van der Waals surface area contributed by atoms with Crippen LogP contribution in [0.25, 0.3) is 0 Å². The van der Waals surface area contributed by atoms with Gasteiger partial charge in [0.1, 0.15) is 10.7 Å². The zero-order chi connectivity index (χ0) is 14.3. The van der Waals surface area contributed by atoms with Gasteiger partial charge in [-0.2, -0.15) is 9.57 Å². The molecule has 0 aliphatic heterocycles. The van der Waals surface area contributed by atoms with Crippen LogP contribution in [0.15, 0.2) is 23.2 Å². The molecule has 0 aliphatic carbocycles. The van der Waals surface area contributed by atoms with Crippen LogP contribution in [0.3, 0.4) is 0 Å². The van der Waals surface area contributed by atoms with Crippen LogP contribution in [-0.2, 0) is 10.0 Å². The minimum Gasteiger partial charge on any atom is -0.369 e. The van der Waals surface area contributed by atoms with Crippen molar-refractivity contribution in [3.63, 3.8) is 0 Å². The van der Waals surface area contributed by atoms with Gasteiger partial charge in [-0.1, -0.05) is 6.92 Å². The molecule has 104 valence electrons. The van der Waals surface area contributed by atoms with E-state index in [1.807, 2.05) is 13.0 Å². The van der Waals surface area contributed by atoms with Crippen LogP contribution >= 0.6 is 0 Å². The molecule has 1 aromatic rings. The van der Waals surface area contributed by atoms with Gasteiger partial charge in [-0.15, -0.1) is 0 Å².